The molecular formula is C21H25N7O3. The molecule has 162 valence electrons. The van der Waals surface area contributed by atoms with Crippen molar-refractivity contribution in [2.45, 2.75) is 24.7 Å². The maximum atomic E-state index is 12.8. The van der Waals surface area contributed by atoms with E-state index >= 15 is 0 Å². The molecule has 3 aromatic rings. The molecule has 2 aliphatic rings. The summed E-state index contributed by atoms with van der Waals surface area (Å²) in [6, 6.07) is 8.34. The maximum Gasteiger partial charge on any atom is 0.318 e. The number of nitrogens with one attached hydrogen (secondary N) is 2. The van der Waals surface area contributed by atoms with Gasteiger partial charge in [-0.05, 0) is 30.9 Å². The topological polar surface area (TPSA) is 117 Å². The molecule has 0 atom stereocenters. The van der Waals surface area contributed by atoms with Gasteiger partial charge in [-0.1, -0.05) is 18.2 Å². The van der Waals surface area contributed by atoms with E-state index in [2.05, 4.69) is 36.7 Å². The number of aliphatic hydroxyl groups is 1. The number of aliphatic hydroxyl groups excluding tert-OH is 1. The van der Waals surface area contributed by atoms with Crippen LogP contribution in [-0.2, 0) is 17.3 Å². The molecule has 1 saturated heterocycles. The Bertz CT molecular complexity index is 1120. The molecule has 0 radical (unpaired) electrons. The van der Waals surface area contributed by atoms with E-state index in [9.17, 15) is 4.79 Å². The van der Waals surface area contributed by atoms with E-state index in [1.54, 1.807) is 4.57 Å². The minimum atomic E-state index is -0.478. The van der Waals surface area contributed by atoms with E-state index in [-0.39, 0.29) is 12.5 Å². The third kappa shape index (κ3) is 3.19. The van der Waals surface area contributed by atoms with E-state index in [0.717, 1.165) is 17.1 Å². The van der Waals surface area contributed by atoms with Gasteiger partial charge in [0.25, 0.3) is 0 Å². The van der Waals surface area contributed by atoms with Crippen molar-refractivity contribution in [1.29, 1.82) is 0 Å². The summed E-state index contributed by atoms with van der Waals surface area (Å²) in [5, 5.41) is 11.9. The Morgan fingerprint density at radius 3 is 2.87 bits per heavy atom. The Hall–Kier alpha value is -3.24. The van der Waals surface area contributed by atoms with Crippen molar-refractivity contribution in [3.63, 3.8) is 0 Å². The van der Waals surface area contributed by atoms with Crippen molar-refractivity contribution in [3.05, 3.63) is 36.2 Å². The second-order valence-corrected chi connectivity index (χ2v) is 7.97. The lowest BCUT2D eigenvalue weighted by Crippen LogP contribution is -2.46. The number of hydrogen-bond donors (Lipinski definition) is 3. The molecule has 5 rings (SSSR count). The van der Waals surface area contributed by atoms with Crippen LogP contribution >= 0.6 is 0 Å². The van der Waals surface area contributed by atoms with Gasteiger partial charge in [0.15, 0.2) is 17.0 Å². The van der Waals surface area contributed by atoms with Crippen LogP contribution in [0.15, 0.2) is 30.6 Å². The molecule has 4 heterocycles. The second-order valence-electron chi connectivity index (χ2n) is 7.97. The van der Waals surface area contributed by atoms with Crippen LogP contribution in [0.2, 0.25) is 0 Å². The molecule has 31 heavy (non-hydrogen) atoms. The highest BCUT2D eigenvalue weighted by Crippen LogP contribution is 2.45. The molecule has 0 bridgehead atoms. The number of rotatable bonds is 6. The standard InChI is InChI=1S/C21H25N7O3/c1-27-17-16(26-20(27)31-24-9-4-12-29)18(23-13-22-17)28-10-7-21(8-11-28)14-5-2-3-6-15(14)25-19(21)30/h2-3,5-6,13,24,29H,4,7-12H2,1H3,(H,25,30). The van der Waals surface area contributed by atoms with Crippen LogP contribution in [0.5, 0.6) is 6.01 Å². The van der Waals surface area contributed by atoms with Crippen molar-refractivity contribution in [1.82, 2.24) is 25.0 Å². The summed E-state index contributed by atoms with van der Waals surface area (Å²) in [7, 11) is 1.83. The first-order valence-electron chi connectivity index (χ1n) is 10.5. The van der Waals surface area contributed by atoms with E-state index in [1.165, 1.54) is 6.33 Å². The summed E-state index contributed by atoms with van der Waals surface area (Å²) < 4.78 is 1.76. The van der Waals surface area contributed by atoms with Crippen LogP contribution in [-0.4, -0.2) is 56.8 Å². The van der Waals surface area contributed by atoms with Crippen molar-refractivity contribution in [3.8, 4) is 6.01 Å². The van der Waals surface area contributed by atoms with E-state index in [1.807, 2.05) is 25.2 Å². The normalized spacial score (nSPS) is 17.2. The number of anilines is 2. The number of imidazole rings is 1. The summed E-state index contributed by atoms with van der Waals surface area (Å²) in [6.07, 6.45) is 3.53. The fourth-order valence-corrected chi connectivity index (χ4v) is 4.53. The number of hydrogen-bond acceptors (Lipinski definition) is 8. The first-order valence-corrected chi connectivity index (χ1v) is 10.5. The Labute approximate surface area is 179 Å². The molecule has 1 aromatic carbocycles. The molecule has 2 aromatic heterocycles. The zero-order valence-corrected chi connectivity index (χ0v) is 17.3. The van der Waals surface area contributed by atoms with Gasteiger partial charge >= 0.3 is 6.01 Å². The van der Waals surface area contributed by atoms with Gasteiger partial charge in [-0.3, -0.25) is 9.36 Å². The van der Waals surface area contributed by atoms with Gasteiger partial charge in [-0.2, -0.15) is 10.5 Å². The summed E-state index contributed by atoms with van der Waals surface area (Å²) in [5.74, 6) is 0.830. The lowest BCUT2D eigenvalue weighted by molar-refractivity contribution is -0.121. The highest BCUT2D eigenvalue weighted by Gasteiger charge is 2.48. The Morgan fingerprint density at radius 1 is 1.26 bits per heavy atom. The van der Waals surface area contributed by atoms with E-state index < -0.39 is 5.41 Å². The molecule has 1 fully saturated rings. The molecular weight excluding hydrogens is 398 g/mol. The third-order valence-electron chi connectivity index (χ3n) is 6.24. The molecule has 0 aliphatic carbocycles. The first kappa shape index (κ1) is 19.7. The lowest BCUT2D eigenvalue weighted by atomic mass is 9.73. The number of piperidine rings is 1. The monoisotopic (exact) mass is 423 g/mol. The number of nitrogens with zero attached hydrogens (tertiary/aromatic N) is 5. The third-order valence-corrected chi connectivity index (χ3v) is 6.24. The largest absolute Gasteiger partial charge is 0.396 e. The number of aromatic nitrogens is 4. The smallest absolute Gasteiger partial charge is 0.318 e. The molecule has 10 heteroatoms. The SMILES string of the molecule is Cn1c(ONCCCO)nc2c(N3CCC4(CC3)C(=O)Nc3ccccc34)ncnc21. The number of carbonyl (C=O) groups is 1. The number of para-hydroxylation sites is 1. The van der Waals surface area contributed by atoms with Crippen LogP contribution in [0.25, 0.3) is 11.2 Å². The van der Waals surface area contributed by atoms with Crippen LogP contribution < -0.4 is 20.5 Å². The van der Waals surface area contributed by atoms with Crippen LogP contribution in [0.3, 0.4) is 0 Å². The van der Waals surface area contributed by atoms with Gasteiger partial charge in [0.05, 0.1) is 5.41 Å². The highest BCUT2D eigenvalue weighted by molar-refractivity contribution is 6.06. The van der Waals surface area contributed by atoms with Gasteiger partial charge < -0.3 is 20.2 Å². The van der Waals surface area contributed by atoms with Crippen molar-refractivity contribution in [2.24, 2.45) is 7.05 Å². The number of aryl methyl sites for hydroxylation is 1. The molecule has 3 N–H and O–H groups in total. The molecule has 1 amide bonds. The van der Waals surface area contributed by atoms with Crippen LogP contribution in [0.4, 0.5) is 11.5 Å². The van der Waals surface area contributed by atoms with E-state index in [0.29, 0.717) is 56.1 Å². The second kappa shape index (κ2) is 7.78. The quantitative estimate of drug-likeness (QED) is 0.399. The first-order chi connectivity index (χ1) is 15.1. The maximum absolute atomic E-state index is 12.8. The van der Waals surface area contributed by atoms with E-state index in [4.69, 9.17) is 9.94 Å². The fourth-order valence-electron chi connectivity index (χ4n) is 4.53. The van der Waals surface area contributed by atoms with Gasteiger partial charge in [0, 0.05) is 39.0 Å². The Kier molecular flexibility index (Phi) is 4.95. The summed E-state index contributed by atoms with van der Waals surface area (Å²) in [6.45, 7) is 1.98. The Morgan fingerprint density at radius 2 is 2.06 bits per heavy atom. The van der Waals surface area contributed by atoms with Crippen molar-refractivity contribution >= 4 is 28.6 Å². The number of amides is 1. The number of benzene rings is 1. The van der Waals surface area contributed by atoms with Crippen LogP contribution in [0, 0.1) is 0 Å². The van der Waals surface area contributed by atoms with Crippen molar-refractivity contribution in [2.75, 3.05) is 36.5 Å². The summed E-state index contributed by atoms with van der Waals surface area (Å²) in [4.78, 5) is 34.0. The fraction of sp³-hybridized carbons (Fsp3) is 0.429. The van der Waals surface area contributed by atoms with Crippen LogP contribution in [0.1, 0.15) is 24.8 Å². The minimum absolute atomic E-state index is 0.0867. The lowest BCUT2D eigenvalue weighted by Gasteiger charge is -2.38. The van der Waals surface area contributed by atoms with Gasteiger partial charge in [0.1, 0.15) is 6.33 Å². The predicted octanol–water partition coefficient (Wildman–Crippen LogP) is 1.12. The predicted molar refractivity (Wildman–Crippen MR) is 115 cm³/mol. The number of hydroxylamine groups is 1. The molecule has 0 unspecified atom stereocenters. The Balaban J connectivity index is 1.38. The summed E-state index contributed by atoms with van der Waals surface area (Å²) >= 11 is 0. The molecule has 2 aliphatic heterocycles. The number of fused-ring (bicyclic) bond motifs is 3. The highest BCUT2D eigenvalue weighted by atomic mass is 16.7. The summed E-state index contributed by atoms with van der Waals surface area (Å²) in [5.41, 5.74) is 5.67. The van der Waals surface area contributed by atoms with Gasteiger partial charge in [0.2, 0.25) is 5.91 Å². The average Bonchev–Trinajstić information content (AvgIpc) is 3.26. The van der Waals surface area contributed by atoms with Crippen molar-refractivity contribution < 1.29 is 14.7 Å². The molecule has 1 spiro atoms. The molecule has 10 nitrogen and oxygen atoms in total. The zero-order chi connectivity index (χ0) is 21.4. The average molecular weight is 423 g/mol. The van der Waals surface area contributed by atoms with Gasteiger partial charge in [-0.15, -0.1) is 0 Å². The zero-order valence-electron chi connectivity index (χ0n) is 17.3. The number of carbonyl (C=O) groups excluding carboxylic acids is 1. The molecule has 0 saturated carbocycles. The minimum Gasteiger partial charge on any atom is -0.396 e. The van der Waals surface area contributed by atoms with Gasteiger partial charge in [-0.25, -0.2) is 9.97 Å².